The minimum absolute atomic E-state index is 0.00536. The summed E-state index contributed by atoms with van der Waals surface area (Å²) in [6.45, 7) is 3.35. The van der Waals surface area contributed by atoms with Crippen LogP contribution in [0, 0.1) is 6.92 Å². The van der Waals surface area contributed by atoms with Gasteiger partial charge in [0.1, 0.15) is 12.7 Å². The van der Waals surface area contributed by atoms with Gasteiger partial charge in [-0.05, 0) is 25.8 Å². The molecule has 0 radical (unpaired) electrons. The molecule has 1 fully saturated rings. The lowest BCUT2D eigenvalue weighted by Gasteiger charge is -2.32. The Labute approximate surface area is 112 Å². The monoisotopic (exact) mass is 265 g/mol. The third-order valence-corrected chi connectivity index (χ3v) is 3.06. The first-order chi connectivity index (χ1) is 9.19. The molecule has 0 saturated carbocycles. The first-order valence-corrected chi connectivity index (χ1v) is 6.42. The Hall–Kier alpha value is -1.69. The molecule has 2 rings (SSSR count). The van der Waals surface area contributed by atoms with E-state index in [1.807, 2.05) is 13.0 Å². The average Bonchev–Trinajstić information content (AvgIpc) is 2.42. The van der Waals surface area contributed by atoms with Gasteiger partial charge < -0.3 is 14.4 Å². The summed E-state index contributed by atoms with van der Waals surface area (Å²) >= 11 is 0. The quantitative estimate of drug-likeness (QED) is 0.805. The van der Waals surface area contributed by atoms with Crippen molar-refractivity contribution in [2.75, 3.05) is 26.8 Å². The molecule has 1 amide bonds. The zero-order valence-electron chi connectivity index (χ0n) is 11.3. The summed E-state index contributed by atoms with van der Waals surface area (Å²) in [5.41, 5.74) is 0.855. The second-order valence-corrected chi connectivity index (χ2v) is 4.67. The maximum absolute atomic E-state index is 11.8. The van der Waals surface area contributed by atoms with Gasteiger partial charge in [-0.2, -0.15) is 5.10 Å². The summed E-state index contributed by atoms with van der Waals surface area (Å²) in [6.07, 6.45) is 1.83. The number of amides is 1. The first-order valence-electron chi connectivity index (χ1n) is 6.42. The Balaban J connectivity index is 1.90. The molecule has 1 aliphatic rings. The van der Waals surface area contributed by atoms with Gasteiger partial charge in [-0.15, -0.1) is 5.10 Å². The lowest BCUT2D eigenvalue weighted by atomic mass is 10.1. The molecule has 1 aromatic heterocycles. The smallest absolute Gasteiger partial charge is 0.248 e. The number of nitrogens with zero attached hydrogens (tertiary/aromatic N) is 3. The fourth-order valence-corrected chi connectivity index (χ4v) is 2.10. The molecule has 0 unspecified atom stereocenters. The highest BCUT2D eigenvalue weighted by Gasteiger charge is 2.24. The summed E-state index contributed by atoms with van der Waals surface area (Å²) < 4.78 is 10.6. The minimum Gasteiger partial charge on any atom is -0.471 e. The van der Waals surface area contributed by atoms with Crippen LogP contribution < -0.4 is 4.74 Å². The summed E-state index contributed by atoms with van der Waals surface area (Å²) in [5, 5.41) is 7.93. The summed E-state index contributed by atoms with van der Waals surface area (Å²) in [4.78, 5) is 13.5. The van der Waals surface area contributed by atoms with E-state index in [1.54, 1.807) is 11.0 Å². The number of methoxy groups -OCH3 is 1. The van der Waals surface area contributed by atoms with Crippen LogP contribution in [0.1, 0.15) is 18.5 Å². The molecule has 6 nitrogen and oxygen atoms in total. The molecule has 104 valence electrons. The van der Waals surface area contributed by atoms with E-state index in [-0.39, 0.29) is 18.6 Å². The fraction of sp³-hybridized carbons (Fsp3) is 0.615. The standard InChI is InChI=1S/C13H19N3O3/c1-10-5-6-12(15-14-10)19-11-4-3-7-16(8-11)13(17)9-18-2/h5-6,11H,3-4,7-9H2,1-2H3/t11-/m1/s1. The summed E-state index contributed by atoms with van der Waals surface area (Å²) in [5.74, 6) is 0.516. The van der Waals surface area contributed by atoms with Crippen molar-refractivity contribution in [1.82, 2.24) is 15.1 Å². The van der Waals surface area contributed by atoms with Gasteiger partial charge >= 0.3 is 0 Å². The Morgan fingerprint density at radius 1 is 1.47 bits per heavy atom. The zero-order valence-corrected chi connectivity index (χ0v) is 11.3. The number of likely N-dealkylation sites (tertiary alicyclic amines) is 1. The first kappa shape index (κ1) is 13.7. The molecule has 0 aromatic carbocycles. The van der Waals surface area contributed by atoms with Crippen molar-refractivity contribution in [3.8, 4) is 5.88 Å². The van der Waals surface area contributed by atoms with Gasteiger partial charge in [-0.25, -0.2) is 0 Å². The van der Waals surface area contributed by atoms with E-state index >= 15 is 0 Å². The van der Waals surface area contributed by atoms with E-state index in [0.29, 0.717) is 12.4 Å². The van der Waals surface area contributed by atoms with Crippen molar-refractivity contribution < 1.29 is 14.3 Å². The molecule has 0 N–H and O–H groups in total. The molecule has 6 heteroatoms. The van der Waals surface area contributed by atoms with Crippen molar-refractivity contribution in [3.63, 3.8) is 0 Å². The second kappa shape index (κ2) is 6.47. The highest BCUT2D eigenvalue weighted by Crippen LogP contribution is 2.16. The van der Waals surface area contributed by atoms with Crippen LogP contribution in [-0.4, -0.2) is 53.9 Å². The van der Waals surface area contributed by atoms with E-state index in [2.05, 4.69) is 10.2 Å². The molecule has 0 bridgehead atoms. The van der Waals surface area contributed by atoms with Gasteiger partial charge in [-0.1, -0.05) is 0 Å². The van der Waals surface area contributed by atoms with E-state index in [0.717, 1.165) is 25.1 Å². The van der Waals surface area contributed by atoms with Crippen molar-refractivity contribution in [3.05, 3.63) is 17.8 Å². The zero-order chi connectivity index (χ0) is 13.7. The number of piperidine rings is 1. The van der Waals surface area contributed by atoms with Crippen LogP contribution in [0.5, 0.6) is 5.88 Å². The molecule has 19 heavy (non-hydrogen) atoms. The number of aromatic nitrogens is 2. The molecular weight excluding hydrogens is 246 g/mol. The number of aryl methyl sites for hydroxylation is 1. The van der Waals surface area contributed by atoms with Crippen LogP contribution in [0.25, 0.3) is 0 Å². The molecule has 0 aliphatic carbocycles. The number of hydrogen-bond donors (Lipinski definition) is 0. The predicted molar refractivity (Wildman–Crippen MR) is 68.9 cm³/mol. The number of carbonyl (C=O) groups is 1. The molecule has 1 aliphatic heterocycles. The van der Waals surface area contributed by atoms with E-state index < -0.39 is 0 Å². The Kier molecular flexibility index (Phi) is 4.68. The van der Waals surface area contributed by atoms with Crippen LogP contribution in [0.2, 0.25) is 0 Å². The lowest BCUT2D eigenvalue weighted by molar-refractivity contribution is -0.137. The fourth-order valence-electron chi connectivity index (χ4n) is 2.10. The number of hydrogen-bond acceptors (Lipinski definition) is 5. The lowest BCUT2D eigenvalue weighted by Crippen LogP contribution is -2.45. The molecule has 1 saturated heterocycles. The maximum atomic E-state index is 11.8. The third-order valence-electron chi connectivity index (χ3n) is 3.06. The highest BCUT2D eigenvalue weighted by molar-refractivity contribution is 5.77. The highest BCUT2D eigenvalue weighted by atomic mass is 16.5. The van der Waals surface area contributed by atoms with E-state index in [4.69, 9.17) is 9.47 Å². The number of ether oxygens (including phenoxy) is 2. The van der Waals surface area contributed by atoms with Crippen molar-refractivity contribution in [2.45, 2.75) is 25.9 Å². The number of carbonyl (C=O) groups excluding carboxylic acids is 1. The van der Waals surface area contributed by atoms with Gasteiger partial charge in [0.15, 0.2) is 0 Å². The van der Waals surface area contributed by atoms with E-state index in [1.165, 1.54) is 7.11 Å². The van der Waals surface area contributed by atoms with Crippen LogP contribution in [0.4, 0.5) is 0 Å². The normalized spacial score (nSPS) is 19.3. The SMILES string of the molecule is COCC(=O)N1CCC[C@@H](Oc2ccc(C)nn2)C1. The Morgan fingerprint density at radius 2 is 2.32 bits per heavy atom. The topological polar surface area (TPSA) is 64.5 Å². The average molecular weight is 265 g/mol. The molecule has 0 spiro atoms. The molecule has 1 atom stereocenters. The maximum Gasteiger partial charge on any atom is 0.248 e. The van der Waals surface area contributed by atoms with Crippen LogP contribution in [0.15, 0.2) is 12.1 Å². The van der Waals surface area contributed by atoms with Crippen molar-refractivity contribution >= 4 is 5.91 Å². The van der Waals surface area contributed by atoms with Crippen LogP contribution in [-0.2, 0) is 9.53 Å². The summed E-state index contributed by atoms with van der Waals surface area (Å²) in [6, 6.07) is 3.66. The molecular formula is C13H19N3O3. The van der Waals surface area contributed by atoms with Gasteiger partial charge in [0.05, 0.1) is 12.2 Å². The van der Waals surface area contributed by atoms with Crippen molar-refractivity contribution in [2.24, 2.45) is 0 Å². The molecule has 2 heterocycles. The van der Waals surface area contributed by atoms with Crippen LogP contribution in [0.3, 0.4) is 0 Å². The third kappa shape index (κ3) is 3.89. The van der Waals surface area contributed by atoms with Crippen LogP contribution >= 0.6 is 0 Å². The Morgan fingerprint density at radius 3 is 3.00 bits per heavy atom. The predicted octanol–water partition coefficient (Wildman–Crippen LogP) is 0.801. The largest absolute Gasteiger partial charge is 0.471 e. The van der Waals surface area contributed by atoms with Gasteiger partial charge in [0, 0.05) is 19.7 Å². The minimum atomic E-state index is -0.0217. The van der Waals surface area contributed by atoms with Gasteiger partial charge in [0.25, 0.3) is 0 Å². The van der Waals surface area contributed by atoms with Crippen molar-refractivity contribution in [1.29, 1.82) is 0 Å². The summed E-state index contributed by atoms with van der Waals surface area (Å²) in [7, 11) is 1.53. The molecule has 1 aromatic rings. The van der Waals surface area contributed by atoms with Gasteiger partial charge in [0.2, 0.25) is 11.8 Å². The number of rotatable bonds is 4. The van der Waals surface area contributed by atoms with E-state index in [9.17, 15) is 4.79 Å². The Bertz CT molecular complexity index is 422. The van der Waals surface area contributed by atoms with Gasteiger partial charge in [-0.3, -0.25) is 4.79 Å². The second-order valence-electron chi connectivity index (χ2n) is 4.67.